The van der Waals surface area contributed by atoms with Gasteiger partial charge in [-0.15, -0.1) is 22.7 Å². The van der Waals surface area contributed by atoms with Gasteiger partial charge in [0.05, 0.1) is 21.2 Å². The van der Waals surface area contributed by atoms with Crippen LogP contribution in [0.15, 0.2) is 109 Å². The Hall–Kier alpha value is -5.04. The summed E-state index contributed by atoms with van der Waals surface area (Å²) in [5.41, 5.74) is 6.98. The molecule has 4 unspecified atom stereocenters. The van der Waals surface area contributed by atoms with Gasteiger partial charge < -0.3 is 9.47 Å². The fraction of sp³-hybridized carbons (Fsp3) is 0.438. The normalized spacial score (nSPS) is 13.6. The monoisotopic (exact) mass is 973 g/mol. The van der Waals surface area contributed by atoms with E-state index < -0.39 is 0 Å². The molecule has 2 heterocycles. The topological polar surface area (TPSA) is 52.6 Å². The van der Waals surface area contributed by atoms with E-state index in [-0.39, 0.29) is 36.0 Å². The van der Waals surface area contributed by atoms with Gasteiger partial charge in [-0.25, -0.2) is 0 Å². The molecule has 0 aliphatic heterocycles. The van der Waals surface area contributed by atoms with Gasteiger partial charge >= 0.3 is 11.9 Å². The predicted molar refractivity (Wildman–Crippen MR) is 302 cm³/mol. The highest BCUT2D eigenvalue weighted by atomic mass is 32.1. The van der Waals surface area contributed by atoms with Crippen molar-refractivity contribution in [3.05, 3.63) is 120 Å². The number of hydrogen-bond donors (Lipinski definition) is 0. The summed E-state index contributed by atoms with van der Waals surface area (Å²) < 4.78 is 17.9. The molecule has 2 aromatic heterocycles. The Morgan fingerprint density at radius 3 is 1.16 bits per heavy atom. The second-order valence-electron chi connectivity index (χ2n) is 20.0. The summed E-state index contributed by atoms with van der Waals surface area (Å²) in [6.07, 6.45) is 18.5. The van der Waals surface area contributed by atoms with Crippen LogP contribution >= 0.6 is 22.7 Å². The van der Waals surface area contributed by atoms with Crippen molar-refractivity contribution in [1.29, 1.82) is 0 Å². The van der Waals surface area contributed by atoms with Gasteiger partial charge in [-0.1, -0.05) is 191 Å². The molecule has 0 fully saturated rings. The molecule has 0 saturated heterocycles. The molecule has 4 atom stereocenters. The average molecular weight is 973 g/mol. The SMILES string of the molecule is CCCCCCC(CCCC)C(=O)OC(CC)c1ccc2cc(-c3ccc4c(c3)sc3c5ccc(-c6ccc7cc(C(CC)OC(=O)C(CCCC)CCCCCC)ccc7c6)cc5sc43)ccc2c1. The molecule has 0 radical (unpaired) electrons. The highest BCUT2D eigenvalue weighted by Gasteiger charge is 2.25. The number of rotatable bonds is 26. The number of hydrogen-bond acceptors (Lipinski definition) is 6. The van der Waals surface area contributed by atoms with Gasteiger partial charge in [0.1, 0.15) is 12.2 Å². The van der Waals surface area contributed by atoms with Crippen molar-refractivity contribution < 1.29 is 19.1 Å². The lowest BCUT2D eigenvalue weighted by molar-refractivity contribution is -0.156. The van der Waals surface area contributed by atoms with E-state index in [2.05, 4.69) is 151 Å². The summed E-state index contributed by atoms with van der Waals surface area (Å²) in [4.78, 5) is 27.0. The van der Waals surface area contributed by atoms with Crippen molar-refractivity contribution in [3.63, 3.8) is 0 Å². The molecule has 8 rings (SSSR count). The first-order valence-electron chi connectivity index (χ1n) is 27.1. The maximum Gasteiger partial charge on any atom is 0.309 e. The Bertz CT molecular complexity index is 2810. The van der Waals surface area contributed by atoms with Gasteiger partial charge in [-0.2, -0.15) is 0 Å². The van der Waals surface area contributed by atoms with Gasteiger partial charge in [0, 0.05) is 20.2 Å². The van der Waals surface area contributed by atoms with Crippen molar-refractivity contribution in [2.75, 3.05) is 0 Å². The van der Waals surface area contributed by atoms with E-state index in [9.17, 15) is 9.59 Å². The number of carbonyl (C=O) groups is 2. The first-order valence-corrected chi connectivity index (χ1v) is 28.8. The molecule has 8 aromatic rings. The molecule has 0 amide bonds. The zero-order valence-electron chi connectivity index (χ0n) is 42.9. The fourth-order valence-electron chi connectivity index (χ4n) is 10.4. The number of benzene rings is 6. The standard InChI is InChI=1S/C64H76O4S2/c1-7-13-17-19-23-43(21-15-9-3)63(65)67-57(11-5)53-31-29-45-37-47(25-27-49(45)39-53)51-33-35-55-59(41-51)69-62-56-36-34-52(42-60(56)70-61(55)62)48-26-28-50-40-54(32-30-46(50)38-48)58(12-6)68-64(66)44(22-16-10-4)24-20-18-14-8-2/h25-44,57-58H,7-24H2,1-6H3. The van der Waals surface area contributed by atoms with Crippen molar-refractivity contribution >= 4 is 85.7 Å². The number of esters is 2. The Balaban J connectivity index is 0.955. The third-order valence-corrected chi connectivity index (χ3v) is 17.3. The predicted octanol–water partition coefficient (Wildman–Crippen LogP) is 20.5. The molecule has 0 aliphatic carbocycles. The number of fused-ring (bicyclic) bond motifs is 7. The molecule has 4 nitrogen and oxygen atoms in total. The summed E-state index contributed by atoms with van der Waals surface area (Å²) in [5, 5.41) is 7.34. The molecule has 0 aliphatic rings. The maximum atomic E-state index is 13.5. The molecule has 368 valence electrons. The Morgan fingerprint density at radius 2 is 0.757 bits per heavy atom. The lowest BCUT2D eigenvalue weighted by atomic mass is 9.95. The molecule has 6 heteroatoms. The van der Waals surface area contributed by atoms with Crippen LogP contribution in [0.4, 0.5) is 0 Å². The van der Waals surface area contributed by atoms with Crippen LogP contribution in [0.1, 0.15) is 180 Å². The van der Waals surface area contributed by atoms with E-state index >= 15 is 0 Å². The van der Waals surface area contributed by atoms with Gasteiger partial charge in [0.2, 0.25) is 0 Å². The minimum Gasteiger partial charge on any atom is -0.457 e. The van der Waals surface area contributed by atoms with E-state index in [1.54, 1.807) is 0 Å². The summed E-state index contributed by atoms with van der Waals surface area (Å²) in [6, 6.07) is 40.5. The molecular weight excluding hydrogens is 897 g/mol. The van der Waals surface area contributed by atoms with Crippen molar-refractivity contribution in [2.45, 2.75) is 169 Å². The van der Waals surface area contributed by atoms with Crippen LogP contribution < -0.4 is 0 Å². The third-order valence-electron chi connectivity index (χ3n) is 14.8. The molecule has 0 N–H and O–H groups in total. The second-order valence-corrected chi connectivity index (χ2v) is 22.1. The van der Waals surface area contributed by atoms with Gasteiger partial charge in [-0.3, -0.25) is 9.59 Å². The summed E-state index contributed by atoms with van der Waals surface area (Å²) in [7, 11) is 0. The molecular formula is C64H76O4S2. The molecule has 6 aromatic carbocycles. The van der Waals surface area contributed by atoms with Gasteiger partial charge in [-0.05, 0) is 130 Å². The number of ether oxygens (including phenoxy) is 2. The minimum atomic E-state index is -0.236. The number of carbonyl (C=O) groups excluding carboxylic acids is 2. The molecule has 70 heavy (non-hydrogen) atoms. The highest BCUT2D eigenvalue weighted by molar-refractivity contribution is 7.36. The Kier molecular flexibility index (Phi) is 18.2. The van der Waals surface area contributed by atoms with E-state index in [1.165, 1.54) is 112 Å². The Labute approximate surface area is 426 Å². The zero-order valence-corrected chi connectivity index (χ0v) is 44.5. The summed E-state index contributed by atoms with van der Waals surface area (Å²) in [6.45, 7) is 13.1. The smallest absolute Gasteiger partial charge is 0.309 e. The van der Waals surface area contributed by atoms with Crippen LogP contribution in [0.2, 0.25) is 0 Å². The second kappa shape index (κ2) is 24.9. The van der Waals surface area contributed by atoms with Crippen LogP contribution in [0.5, 0.6) is 0 Å². The lowest BCUT2D eigenvalue weighted by Crippen LogP contribution is -2.20. The van der Waals surface area contributed by atoms with E-state index in [4.69, 9.17) is 9.47 Å². The van der Waals surface area contributed by atoms with Crippen LogP contribution in [-0.4, -0.2) is 11.9 Å². The van der Waals surface area contributed by atoms with Crippen molar-refractivity contribution in [2.24, 2.45) is 11.8 Å². The van der Waals surface area contributed by atoms with Crippen molar-refractivity contribution in [3.8, 4) is 22.3 Å². The summed E-state index contributed by atoms with van der Waals surface area (Å²) >= 11 is 3.79. The van der Waals surface area contributed by atoms with Crippen LogP contribution in [-0.2, 0) is 19.1 Å². The molecule has 0 saturated carbocycles. The van der Waals surface area contributed by atoms with Gasteiger partial charge in [0.15, 0.2) is 0 Å². The van der Waals surface area contributed by atoms with Crippen molar-refractivity contribution in [1.82, 2.24) is 0 Å². The highest BCUT2D eigenvalue weighted by Crippen LogP contribution is 2.46. The summed E-state index contributed by atoms with van der Waals surface area (Å²) in [5.74, 6) is -0.0544. The van der Waals surface area contributed by atoms with Crippen LogP contribution in [0.25, 0.3) is 73.4 Å². The van der Waals surface area contributed by atoms with E-state index in [0.29, 0.717) is 0 Å². The number of unbranched alkanes of at least 4 members (excludes halogenated alkanes) is 8. The lowest BCUT2D eigenvalue weighted by Gasteiger charge is -2.22. The Morgan fingerprint density at radius 1 is 0.400 bits per heavy atom. The van der Waals surface area contributed by atoms with Crippen LogP contribution in [0, 0.1) is 11.8 Å². The third kappa shape index (κ3) is 12.2. The zero-order chi connectivity index (χ0) is 49.0. The largest absolute Gasteiger partial charge is 0.457 e. The molecule has 0 spiro atoms. The first kappa shape index (κ1) is 51.3. The first-order chi connectivity index (χ1) is 34.2. The number of thiophene rings is 2. The fourth-order valence-corrected chi connectivity index (χ4v) is 13.2. The minimum absolute atomic E-state index is 0.00580. The van der Waals surface area contributed by atoms with E-state index in [1.807, 2.05) is 22.7 Å². The van der Waals surface area contributed by atoms with Gasteiger partial charge in [0.25, 0.3) is 0 Å². The average Bonchev–Trinajstić information content (AvgIpc) is 3.93. The maximum absolute atomic E-state index is 13.5. The molecule has 0 bridgehead atoms. The van der Waals surface area contributed by atoms with Crippen LogP contribution in [0.3, 0.4) is 0 Å². The van der Waals surface area contributed by atoms with E-state index in [0.717, 1.165) is 88.2 Å². The quantitative estimate of drug-likeness (QED) is 0.0401.